The Morgan fingerprint density at radius 3 is 2.36 bits per heavy atom. The fourth-order valence-corrected chi connectivity index (χ4v) is 0.747. The topological polar surface area (TPSA) is 47.6 Å². The molecule has 0 aromatic heterocycles. The van der Waals surface area contributed by atoms with Crippen molar-refractivity contribution >= 4 is 5.97 Å². The van der Waals surface area contributed by atoms with Crippen molar-refractivity contribution in [3.63, 3.8) is 0 Å². The lowest BCUT2D eigenvalue weighted by atomic mass is 10.1. The molecule has 11 heavy (non-hydrogen) atoms. The number of ether oxygens (including phenoxy) is 2. The van der Waals surface area contributed by atoms with E-state index in [4.69, 9.17) is 4.74 Å². The molecule has 0 aromatic carbocycles. The van der Waals surface area contributed by atoms with Gasteiger partial charge in [-0.3, -0.25) is 0 Å². The summed E-state index contributed by atoms with van der Waals surface area (Å²) in [5.41, 5.74) is -0.733. The second kappa shape index (κ2) is 4.31. The first-order valence-electron chi connectivity index (χ1n) is 3.37. The highest BCUT2D eigenvalue weighted by Crippen LogP contribution is 2.04. The van der Waals surface area contributed by atoms with Gasteiger partial charge in [-0.25, -0.2) is 4.79 Å². The zero-order valence-corrected chi connectivity index (χ0v) is 7.43. The van der Waals surface area contributed by atoms with Gasteiger partial charge in [-0.05, 0) is 14.0 Å². The van der Waals surface area contributed by atoms with Crippen molar-refractivity contribution in [2.75, 3.05) is 27.9 Å². The highest BCUT2D eigenvalue weighted by Gasteiger charge is 2.32. The third-order valence-electron chi connectivity index (χ3n) is 1.62. The van der Waals surface area contributed by atoms with E-state index in [1.807, 2.05) is 0 Å². The third kappa shape index (κ3) is 2.48. The summed E-state index contributed by atoms with van der Waals surface area (Å²) < 4.78 is 9.43. The van der Waals surface area contributed by atoms with E-state index in [9.17, 15) is 4.79 Å². The predicted octanol–water partition coefficient (Wildman–Crippen LogP) is -0.216. The Balaban J connectivity index is 4.19. The number of hydrogen-bond donors (Lipinski definition) is 1. The highest BCUT2D eigenvalue weighted by atomic mass is 16.5. The van der Waals surface area contributed by atoms with Gasteiger partial charge in [0.25, 0.3) is 0 Å². The Labute approximate surface area is 66.9 Å². The Kier molecular flexibility index (Phi) is 4.07. The molecule has 0 aliphatic rings. The van der Waals surface area contributed by atoms with Crippen LogP contribution in [0, 0.1) is 0 Å². The molecule has 0 radical (unpaired) electrons. The number of nitrogens with one attached hydrogen (secondary N) is 1. The molecule has 0 aliphatic heterocycles. The van der Waals surface area contributed by atoms with E-state index in [-0.39, 0.29) is 5.97 Å². The lowest BCUT2D eigenvalue weighted by Gasteiger charge is -2.24. The maximum Gasteiger partial charge on any atom is 0.328 e. The van der Waals surface area contributed by atoms with E-state index in [0.717, 1.165) is 0 Å². The van der Waals surface area contributed by atoms with E-state index in [1.54, 1.807) is 21.1 Å². The fourth-order valence-electron chi connectivity index (χ4n) is 0.747. The zero-order valence-electron chi connectivity index (χ0n) is 7.43. The van der Waals surface area contributed by atoms with Gasteiger partial charge in [0, 0.05) is 7.11 Å². The van der Waals surface area contributed by atoms with Gasteiger partial charge in [0.2, 0.25) is 0 Å². The summed E-state index contributed by atoms with van der Waals surface area (Å²) in [7, 11) is 4.59. The number of esters is 1. The lowest BCUT2D eigenvalue weighted by molar-refractivity contribution is -0.149. The van der Waals surface area contributed by atoms with Gasteiger partial charge in [-0.1, -0.05) is 0 Å². The Hall–Kier alpha value is -0.610. The van der Waals surface area contributed by atoms with Gasteiger partial charge in [0.05, 0.1) is 13.7 Å². The monoisotopic (exact) mass is 161 g/mol. The number of methoxy groups -OCH3 is 2. The summed E-state index contributed by atoms with van der Waals surface area (Å²) in [5, 5.41) is 2.83. The molecule has 0 saturated heterocycles. The molecule has 0 aromatic rings. The van der Waals surface area contributed by atoms with Gasteiger partial charge in [0.1, 0.15) is 5.54 Å². The molecular formula is C7H15NO3. The number of likely N-dealkylation sites (N-methyl/N-ethyl adjacent to an activating group) is 1. The Bertz CT molecular complexity index is 138. The summed E-state index contributed by atoms with van der Waals surface area (Å²) >= 11 is 0. The summed E-state index contributed by atoms with van der Waals surface area (Å²) in [5.74, 6) is -0.318. The highest BCUT2D eigenvalue weighted by molar-refractivity contribution is 5.80. The molecule has 1 atom stereocenters. The Morgan fingerprint density at radius 1 is 1.55 bits per heavy atom. The number of carbonyl (C=O) groups excluding carboxylic acids is 1. The van der Waals surface area contributed by atoms with E-state index >= 15 is 0 Å². The zero-order chi connectivity index (χ0) is 8.91. The third-order valence-corrected chi connectivity index (χ3v) is 1.62. The second-order valence-corrected chi connectivity index (χ2v) is 2.51. The number of carbonyl (C=O) groups is 1. The smallest absolute Gasteiger partial charge is 0.328 e. The van der Waals surface area contributed by atoms with Crippen molar-refractivity contribution < 1.29 is 14.3 Å². The Morgan fingerprint density at radius 2 is 2.09 bits per heavy atom. The van der Waals surface area contributed by atoms with Crippen LogP contribution in [0.4, 0.5) is 0 Å². The van der Waals surface area contributed by atoms with Gasteiger partial charge in [-0.2, -0.15) is 0 Å². The van der Waals surface area contributed by atoms with E-state index in [0.29, 0.717) is 6.61 Å². The molecule has 66 valence electrons. The summed E-state index contributed by atoms with van der Waals surface area (Å²) in [4.78, 5) is 11.1. The first kappa shape index (κ1) is 10.4. The van der Waals surface area contributed by atoms with Gasteiger partial charge < -0.3 is 14.8 Å². The molecule has 0 heterocycles. The van der Waals surface area contributed by atoms with Crippen LogP contribution in [0.1, 0.15) is 6.92 Å². The van der Waals surface area contributed by atoms with E-state index in [1.165, 1.54) is 7.11 Å². The summed E-state index contributed by atoms with van der Waals surface area (Å²) in [6, 6.07) is 0. The van der Waals surface area contributed by atoms with Crippen LogP contribution in [-0.2, 0) is 14.3 Å². The maximum absolute atomic E-state index is 11.1. The normalized spacial score (nSPS) is 15.6. The molecular weight excluding hydrogens is 146 g/mol. The predicted molar refractivity (Wildman–Crippen MR) is 41.4 cm³/mol. The van der Waals surface area contributed by atoms with Crippen LogP contribution in [0.15, 0.2) is 0 Å². The second-order valence-electron chi connectivity index (χ2n) is 2.51. The molecule has 0 rings (SSSR count). The molecule has 1 N–H and O–H groups in total. The molecule has 0 fully saturated rings. The van der Waals surface area contributed by atoms with E-state index in [2.05, 4.69) is 10.1 Å². The SMILES string of the molecule is CNC(C)(COC)C(=O)OC. The average molecular weight is 161 g/mol. The summed E-state index contributed by atoms with van der Waals surface area (Å²) in [6.07, 6.45) is 0. The molecule has 0 saturated carbocycles. The molecule has 4 nitrogen and oxygen atoms in total. The van der Waals surface area contributed by atoms with Crippen molar-refractivity contribution in [1.29, 1.82) is 0 Å². The van der Waals surface area contributed by atoms with E-state index < -0.39 is 5.54 Å². The first-order chi connectivity index (χ1) is 5.10. The van der Waals surface area contributed by atoms with Crippen molar-refractivity contribution in [2.45, 2.75) is 12.5 Å². The minimum atomic E-state index is -0.733. The number of hydrogen-bond acceptors (Lipinski definition) is 4. The standard InChI is InChI=1S/C7H15NO3/c1-7(8-2,5-10-3)6(9)11-4/h8H,5H2,1-4H3. The maximum atomic E-state index is 11.1. The lowest BCUT2D eigenvalue weighted by Crippen LogP contribution is -2.51. The van der Waals surface area contributed by atoms with Crippen molar-refractivity contribution in [3.8, 4) is 0 Å². The summed E-state index contributed by atoms with van der Waals surface area (Å²) in [6.45, 7) is 2.03. The van der Waals surface area contributed by atoms with Crippen LogP contribution < -0.4 is 5.32 Å². The minimum Gasteiger partial charge on any atom is -0.468 e. The van der Waals surface area contributed by atoms with Gasteiger partial charge in [-0.15, -0.1) is 0 Å². The first-order valence-corrected chi connectivity index (χ1v) is 3.37. The molecule has 1 unspecified atom stereocenters. The quantitative estimate of drug-likeness (QED) is 0.579. The van der Waals surface area contributed by atoms with Gasteiger partial charge >= 0.3 is 5.97 Å². The van der Waals surface area contributed by atoms with Crippen molar-refractivity contribution in [2.24, 2.45) is 0 Å². The number of rotatable bonds is 4. The van der Waals surface area contributed by atoms with Crippen molar-refractivity contribution in [1.82, 2.24) is 5.32 Å². The minimum absolute atomic E-state index is 0.302. The van der Waals surface area contributed by atoms with Gasteiger partial charge in [0.15, 0.2) is 0 Å². The average Bonchev–Trinajstić information content (AvgIpc) is 2.03. The largest absolute Gasteiger partial charge is 0.468 e. The molecule has 0 amide bonds. The molecule has 4 heteroatoms. The van der Waals surface area contributed by atoms with Crippen LogP contribution >= 0.6 is 0 Å². The molecule has 0 spiro atoms. The van der Waals surface area contributed by atoms with Crippen LogP contribution in [0.3, 0.4) is 0 Å². The van der Waals surface area contributed by atoms with Crippen LogP contribution in [-0.4, -0.2) is 39.4 Å². The van der Waals surface area contributed by atoms with Crippen molar-refractivity contribution in [3.05, 3.63) is 0 Å². The van der Waals surface area contributed by atoms with Crippen LogP contribution in [0.25, 0.3) is 0 Å². The van der Waals surface area contributed by atoms with Crippen LogP contribution in [0.5, 0.6) is 0 Å². The fraction of sp³-hybridized carbons (Fsp3) is 0.857. The van der Waals surface area contributed by atoms with Crippen LogP contribution in [0.2, 0.25) is 0 Å². The molecule has 0 bridgehead atoms. The molecule has 0 aliphatic carbocycles.